The van der Waals surface area contributed by atoms with Crippen molar-refractivity contribution in [3.63, 3.8) is 0 Å². The zero-order valence-corrected chi connectivity index (χ0v) is 61.0. The van der Waals surface area contributed by atoms with Crippen LogP contribution >= 0.6 is 0 Å². The summed E-state index contributed by atoms with van der Waals surface area (Å²) in [4.78, 5) is 8.12. The average molecular weight is 1250 g/mol. The van der Waals surface area contributed by atoms with Crippen molar-refractivity contribution in [1.29, 1.82) is 0 Å². The van der Waals surface area contributed by atoms with Crippen molar-refractivity contribution in [3.05, 3.63) is 213 Å². The molecular formula is C90H100BN3O. The molecule has 0 fully saturated rings. The summed E-state index contributed by atoms with van der Waals surface area (Å²) < 4.78 is 7.47. The van der Waals surface area contributed by atoms with E-state index < -0.39 is 0 Å². The maximum Gasteiger partial charge on any atom is 0.333 e. The van der Waals surface area contributed by atoms with E-state index in [1.807, 2.05) is 0 Å². The maximum atomic E-state index is 7.47. The van der Waals surface area contributed by atoms with E-state index in [2.05, 4.69) is 312 Å². The van der Waals surface area contributed by atoms with Gasteiger partial charge in [0.15, 0.2) is 0 Å². The molecular weight excluding hydrogens is 1150 g/mol. The normalized spacial score (nSPS) is 19.3. The summed E-state index contributed by atoms with van der Waals surface area (Å²) in [6.45, 7) is 50.8. The van der Waals surface area contributed by atoms with Gasteiger partial charge >= 0.3 is 6.85 Å². The minimum absolute atomic E-state index is 0.00597. The van der Waals surface area contributed by atoms with Crippen LogP contribution in [0.3, 0.4) is 0 Å². The van der Waals surface area contributed by atoms with E-state index in [0.717, 1.165) is 66.8 Å². The van der Waals surface area contributed by atoms with E-state index in [4.69, 9.17) is 4.42 Å². The van der Waals surface area contributed by atoms with Gasteiger partial charge in [-0.15, -0.1) is 0 Å². The van der Waals surface area contributed by atoms with Gasteiger partial charge in [0.1, 0.15) is 11.2 Å². The van der Waals surface area contributed by atoms with Crippen molar-refractivity contribution in [2.45, 2.75) is 233 Å². The van der Waals surface area contributed by atoms with Gasteiger partial charge in [0.25, 0.3) is 0 Å². The molecule has 10 aromatic rings. The number of aryl methyl sites for hydroxylation is 1. The van der Waals surface area contributed by atoms with E-state index in [1.54, 1.807) is 0 Å². The minimum atomic E-state index is -0.369. The van der Waals surface area contributed by atoms with E-state index >= 15 is 0 Å². The van der Waals surface area contributed by atoms with Crippen molar-refractivity contribution in [1.82, 2.24) is 0 Å². The Morgan fingerprint density at radius 2 is 0.895 bits per heavy atom. The lowest BCUT2D eigenvalue weighted by Gasteiger charge is -2.49. The summed E-state index contributed by atoms with van der Waals surface area (Å²) in [6.07, 6.45) is 6.87. The van der Waals surface area contributed by atoms with E-state index in [0.29, 0.717) is 0 Å². The molecule has 0 radical (unpaired) electrons. The Balaban J connectivity index is 1.06. The lowest BCUT2D eigenvalue weighted by molar-refractivity contribution is 0.332. The van der Waals surface area contributed by atoms with Gasteiger partial charge in [-0.05, 0) is 256 Å². The molecule has 484 valence electrons. The zero-order chi connectivity index (χ0) is 67.2. The first-order valence-corrected chi connectivity index (χ1v) is 35.9. The van der Waals surface area contributed by atoms with Gasteiger partial charge < -0.3 is 19.0 Å². The Morgan fingerprint density at radius 3 is 1.47 bits per heavy atom. The van der Waals surface area contributed by atoms with Crippen molar-refractivity contribution < 1.29 is 4.42 Å². The van der Waals surface area contributed by atoms with Gasteiger partial charge in [0, 0.05) is 73.3 Å². The number of hydrogen-bond acceptors (Lipinski definition) is 4. The summed E-state index contributed by atoms with van der Waals surface area (Å²) in [7, 11) is 0. The van der Waals surface area contributed by atoms with Crippen LogP contribution in [0.25, 0.3) is 44.2 Å². The molecule has 2 aliphatic heterocycles. The fourth-order valence-corrected chi connectivity index (χ4v) is 18.6. The van der Waals surface area contributed by atoms with Crippen molar-refractivity contribution in [2.75, 3.05) is 14.6 Å². The second-order valence-electron chi connectivity index (χ2n) is 36.6. The van der Waals surface area contributed by atoms with Crippen LogP contribution in [0.4, 0.5) is 45.5 Å². The summed E-state index contributed by atoms with van der Waals surface area (Å²) in [5, 5.41) is 2.39. The maximum absolute atomic E-state index is 7.47. The van der Waals surface area contributed by atoms with Crippen molar-refractivity contribution in [3.8, 4) is 22.3 Å². The number of rotatable bonds is 5. The van der Waals surface area contributed by atoms with Gasteiger partial charge in [-0.2, -0.15) is 0 Å². The van der Waals surface area contributed by atoms with Crippen molar-refractivity contribution in [2.24, 2.45) is 0 Å². The minimum Gasteiger partial charge on any atom is -0.456 e. The van der Waals surface area contributed by atoms with Gasteiger partial charge in [-0.25, -0.2) is 0 Å². The first-order valence-electron chi connectivity index (χ1n) is 35.9. The molecule has 6 aliphatic rings. The highest BCUT2D eigenvalue weighted by Crippen LogP contribution is 2.61. The van der Waals surface area contributed by atoms with Crippen LogP contribution in [0.2, 0.25) is 0 Å². The molecule has 0 N–H and O–H groups in total. The molecule has 4 aliphatic carbocycles. The highest BCUT2D eigenvalue weighted by molar-refractivity contribution is 6.94. The highest BCUT2D eigenvalue weighted by atomic mass is 16.3. The van der Waals surface area contributed by atoms with E-state index in [9.17, 15) is 0 Å². The summed E-state index contributed by atoms with van der Waals surface area (Å²) in [6, 6.07) is 61.3. The summed E-state index contributed by atoms with van der Waals surface area (Å²) in [5.74, 6) is 0. The molecule has 5 heteroatoms. The zero-order valence-electron chi connectivity index (χ0n) is 61.0. The molecule has 1 aromatic heterocycles. The summed E-state index contributed by atoms with van der Waals surface area (Å²) >= 11 is 0. The second-order valence-corrected chi connectivity index (χ2v) is 36.6. The number of nitrogens with zero attached hydrogens (tertiary/aromatic N) is 3. The molecule has 4 nitrogen and oxygen atoms in total. The number of benzene rings is 9. The molecule has 0 atom stereocenters. The number of hydrogen-bond donors (Lipinski definition) is 0. The third-order valence-corrected chi connectivity index (χ3v) is 25.0. The predicted molar refractivity (Wildman–Crippen MR) is 408 cm³/mol. The SMILES string of the molecule is Cc1cc2c(cc1N1c3cc4oc5cc6c(cc5c4cc3B3c4c(cc5c(c41)C(C)(C)c1ccccc1-5)-c1cc(N(c4ccc(C(C)(C)C)cc4)c4ccc(C(C)(C)C)cc4)ccc1N3c1ccc3c(c1)C(C)(C)CCC3(C)C)C(C)(C)CCC6(C)C)C(C)(C)CCC2(C)C. The molecule has 95 heavy (non-hydrogen) atoms. The van der Waals surface area contributed by atoms with E-state index in [-0.39, 0.29) is 55.6 Å². The van der Waals surface area contributed by atoms with Gasteiger partial charge in [0.2, 0.25) is 0 Å². The lowest BCUT2D eigenvalue weighted by Crippen LogP contribution is -2.62. The molecule has 16 rings (SSSR count). The van der Waals surface area contributed by atoms with Crippen LogP contribution in [0.15, 0.2) is 156 Å². The van der Waals surface area contributed by atoms with Crippen LogP contribution in [0.1, 0.15) is 238 Å². The summed E-state index contributed by atoms with van der Waals surface area (Å²) in [5.41, 5.74) is 34.5. The van der Waals surface area contributed by atoms with Gasteiger partial charge in [0.05, 0.1) is 0 Å². The topological polar surface area (TPSA) is 22.9 Å². The van der Waals surface area contributed by atoms with Gasteiger partial charge in [-0.1, -0.05) is 205 Å². The van der Waals surface area contributed by atoms with Crippen molar-refractivity contribution >= 4 is 85.2 Å². The molecule has 3 heterocycles. The first-order chi connectivity index (χ1) is 44.5. The molecule has 9 aromatic carbocycles. The number of fused-ring (bicyclic) bond motifs is 14. The molecule has 0 amide bonds. The van der Waals surface area contributed by atoms with Gasteiger partial charge in [-0.3, -0.25) is 0 Å². The number of furan rings is 1. The molecule has 0 spiro atoms. The third-order valence-electron chi connectivity index (χ3n) is 25.0. The Labute approximate surface area is 568 Å². The second kappa shape index (κ2) is 19.9. The van der Waals surface area contributed by atoms with Crippen LogP contribution in [-0.2, 0) is 48.7 Å². The molecule has 0 bridgehead atoms. The fraction of sp³-hybridized carbons (Fsp3) is 0.400. The number of anilines is 8. The Bertz CT molecular complexity index is 4850. The standard InChI is InChI=1S/C90H100BN3O/c1-53-44-68-71(88(16,17)42-40-85(68,10)11)50-75(53)93-76-52-78-63(62-48-70-72(51-77(62)95-78)89(18,19)43-41-87(70,14)15)49-73(76)91-80-65(47-64-60-24-22-23-25-66(60)90(20,21)79(64)81(80)93)61-45-58(35-37-74(61)94(91)59-34-36-67-69(46-59)86(12,13)39-38-84(67,8)9)92(56-30-26-54(27-31-56)82(2,3)4)57-32-28-55(29-33-57)83(5,6)7/h22-37,44-52H,38-43H2,1-21H3. The largest absolute Gasteiger partial charge is 0.456 e. The van der Waals surface area contributed by atoms with Crippen LogP contribution in [0, 0.1) is 6.92 Å². The highest BCUT2D eigenvalue weighted by Gasteiger charge is 2.52. The molecule has 0 saturated carbocycles. The van der Waals surface area contributed by atoms with Crippen LogP contribution < -0.4 is 25.5 Å². The first kappa shape index (κ1) is 62.1. The third kappa shape index (κ3) is 9.18. The quantitative estimate of drug-likeness (QED) is 0.160. The molecule has 0 unspecified atom stereocenters. The Morgan fingerprint density at radius 1 is 0.400 bits per heavy atom. The fourth-order valence-electron chi connectivity index (χ4n) is 18.6. The monoisotopic (exact) mass is 1250 g/mol. The van der Waals surface area contributed by atoms with Crippen LogP contribution in [-0.4, -0.2) is 6.85 Å². The smallest absolute Gasteiger partial charge is 0.333 e. The average Bonchev–Trinajstić information content (AvgIpc) is 1.65. The van der Waals surface area contributed by atoms with Crippen LogP contribution in [0.5, 0.6) is 0 Å². The lowest BCUT2D eigenvalue weighted by atomic mass is 9.42. The Kier molecular flexibility index (Phi) is 13.0. The van der Waals surface area contributed by atoms with E-state index in [1.165, 1.54) is 134 Å². The molecule has 0 saturated heterocycles. The predicted octanol–water partition coefficient (Wildman–Crippen LogP) is 24.0. The Hall–Kier alpha value is -7.76.